The molecule has 0 atom stereocenters. The summed E-state index contributed by atoms with van der Waals surface area (Å²) in [7, 11) is 0. The zero-order valence-corrected chi connectivity index (χ0v) is 10.6. The van der Waals surface area contributed by atoms with Crippen molar-refractivity contribution in [1.82, 2.24) is 0 Å². The van der Waals surface area contributed by atoms with E-state index < -0.39 is 0 Å². The number of alkyl halides is 1. The fraction of sp³-hybridized carbons (Fsp3) is 0.0625. The fourth-order valence-corrected chi connectivity index (χ4v) is 1.77. The molecule has 0 radical (unpaired) electrons. The van der Waals surface area contributed by atoms with Gasteiger partial charge in [0, 0.05) is 11.4 Å². The van der Waals surface area contributed by atoms with Gasteiger partial charge in [0.05, 0.1) is 0 Å². The third-order valence-corrected chi connectivity index (χ3v) is 2.98. The molecule has 0 saturated heterocycles. The van der Waals surface area contributed by atoms with Gasteiger partial charge in [0.1, 0.15) is 6.29 Å². The number of halogens is 1. The van der Waals surface area contributed by atoms with E-state index in [0.717, 1.165) is 23.0 Å². The predicted molar refractivity (Wildman–Crippen MR) is 76.8 cm³/mol. The van der Waals surface area contributed by atoms with Crippen LogP contribution >= 0.6 is 11.6 Å². The van der Waals surface area contributed by atoms with E-state index in [4.69, 9.17) is 11.6 Å². The Morgan fingerprint density at radius 2 is 1.22 bits per heavy atom. The van der Waals surface area contributed by atoms with E-state index in [1.165, 1.54) is 0 Å². The molecule has 0 spiro atoms. The summed E-state index contributed by atoms with van der Waals surface area (Å²) in [5, 5.41) is 0. The van der Waals surface area contributed by atoms with Crippen molar-refractivity contribution in [3.63, 3.8) is 0 Å². The monoisotopic (exact) mass is 256 g/mol. The van der Waals surface area contributed by atoms with Gasteiger partial charge < -0.3 is 0 Å². The van der Waals surface area contributed by atoms with Crippen molar-refractivity contribution in [3.05, 3.63) is 70.8 Å². The largest absolute Gasteiger partial charge is 0.298 e. The molecule has 18 heavy (non-hydrogen) atoms. The molecular formula is C16H13ClO. The number of rotatable bonds is 4. The van der Waals surface area contributed by atoms with Gasteiger partial charge in [-0.25, -0.2) is 0 Å². The predicted octanol–water partition coefficient (Wildman–Crippen LogP) is 4.41. The van der Waals surface area contributed by atoms with Crippen LogP contribution in [-0.2, 0) is 5.88 Å². The molecule has 90 valence electrons. The van der Waals surface area contributed by atoms with Crippen LogP contribution in [0.4, 0.5) is 0 Å². The van der Waals surface area contributed by atoms with Gasteiger partial charge in [0.2, 0.25) is 0 Å². The fourth-order valence-electron chi connectivity index (χ4n) is 1.60. The lowest BCUT2D eigenvalue weighted by atomic mass is 10.1. The molecule has 0 N–H and O–H groups in total. The second-order valence-electron chi connectivity index (χ2n) is 3.99. The Kier molecular flexibility index (Phi) is 4.32. The highest BCUT2D eigenvalue weighted by molar-refractivity contribution is 6.17. The van der Waals surface area contributed by atoms with Gasteiger partial charge in [0.15, 0.2) is 0 Å². The summed E-state index contributed by atoms with van der Waals surface area (Å²) < 4.78 is 0. The van der Waals surface area contributed by atoms with Gasteiger partial charge in [-0.15, -0.1) is 11.6 Å². The Bertz CT molecular complexity index is 538. The Balaban J connectivity index is 2.10. The summed E-state index contributed by atoms with van der Waals surface area (Å²) in [6.45, 7) is 0. The molecule has 0 saturated carbocycles. The molecule has 0 aromatic heterocycles. The summed E-state index contributed by atoms with van der Waals surface area (Å²) in [5.41, 5.74) is 4.01. The van der Waals surface area contributed by atoms with E-state index in [-0.39, 0.29) is 0 Å². The Hall–Kier alpha value is -1.86. The maximum atomic E-state index is 10.5. The van der Waals surface area contributed by atoms with Crippen LogP contribution in [-0.4, -0.2) is 6.29 Å². The molecule has 0 aliphatic heterocycles. The van der Waals surface area contributed by atoms with E-state index in [1.807, 2.05) is 60.7 Å². The lowest BCUT2D eigenvalue weighted by Crippen LogP contribution is -1.79. The van der Waals surface area contributed by atoms with E-state index >= 15 is 0 Å². The normalized spacial score (nSPS) is 10.7. The average molecular weight is 257 g/mol. The van der Waals surface area contributed by atoms with Gasteiger partial charge in [-0.3, -0.25) is 4.79 Å². The molecule has 0 fully saturated rings. The molecule has 0 aliphatic carbocycles. The molecule has 2 rings (SSSR count). The molecule has 0 heterocycles. The number of aldehydes is 1. The zero-order chi connectivity index (χ0) is 12.8. The van der Waals surface area contributed by atoms with Crippen molar-refractivity contribution in [3.8, 4) is 0 Å². The quantitative estimate of drug-likeness (QED) is 0.450. The van der Waals surface area contributed by atoms with Crippen LogP contribution in [0.5, 0.6) is 0 Å². The first kappa shape index (κ1) is 12.6. The number of hydrogen-bond acceptors (Lipinski definition) is 1. The number of carbonyl (C=O) groups is 1. The van der Waals surface area contributed by atoms with Crippen molar-refractivity contribution in [2.75, 3.05) is 0 Å². The Morgan fingerprint density at radius 3 is 1.67 bits per heavy atom. The number of benzene rings is 2. The van der Waals surface area contributed by atoms with Crippen molar-refractivity contribution in [2.24, 2.45) is 0 Å². The van der Waals surface area contributed by atoms with Gasteiger partial charge in [-0.1, -0.05) is 60.7 Å². The van der Waals surface area contributed by atoms with Crippen molar-refractivity contribution >= 4 is 30.0 Å². The minimum Gasteiger partial charge on any atom is -0.298 e. The van der Waals surface area contributed by atoms with Gasteiger partial charge in [0.25, 0.3) is 0 Å². The summed E-state index contributed by atoms with van der Waals surface area (Å²) in [6.07, 6.45) is 4.90. The summed E-state index contributed by atoms with van der Waals surface area (Å²) in [4.78, 5) is 10.5. The molecular weight excluding hydrogens is 244 g/mol. The molecule has 0 aliphatic rings. The maximum absolute atomic E-state index is 10.5. The highest BCUT2D eigenvalue weighted by Crippen LogP contribution is 2.11. The highest BCUT2D eigenvalue weighted by atomic mass is 35.5. The number of hydrogen-bond donors (Lipinski definition) is 0. The van der Waals surface area contributed by atoms with E-state index in [2.05, 4.69) is 0 Å². The first-order valence-electron chi connectivity index (χ1n) is 5.70. The van der Waals surface area contributed by atoms with Crippen LogP contribution in [0.3, 0.4) is 0 Å². The molecule has 0 unspecified atom stereocenters. The minimum absolute atomic E-state index is 0.539. The van der Waals surface area contributed by atoms with Crippen molar-refractivity contribution < 1.29 is 4.79 Å². The highest BCUT2D eigenvalue weighted by Gasteiger charge is 1.92. The summed E-state index contributed by atoms with van der Waals surface area (Å²) >= 11 is 5.73. The lowest BCUT2D eigenvalue weighted by molar-refractivity contribution is 0.112. The third-order valence-electron chi connectivity index (χ3n) is 2.67. The molecule has 2 aromatic rings. The van der Waals surface area contributed by atoms with E-state index in [9.17, 15) is 4.79 Å². The first-order valence-corrected chi connectivity index (χ1v) is 6.23. The van der Waals surface area contributed by atoms with Crippen LogP contribution in [0.15, 0.2) is 48.5 Å². The Morgan fingerprint density at radius 1 is 0.778 bits per heavy atom. The first-order chi connectivity index (χ1) is 8.81. The van der Waals surface area contributed by atoms with Gasteiger partial charge in [-0.2, -0.15) is 0 Å². The summed E-state index contributed by atoms with van der Waals surface area (Å²) in [5.74, 6) is 0.539. The van der Waals surface area contributed by atoms with Crippen LogP contribution < -0.4 is 0 Å². The van der Waals surface area contributed by atoms with Crippen molar-refractivity contribution in [1.29, 1.82) is 0 Å². The topological polar surface area (TPSA) is 17.1 Å². The van der Waals surface area contributed by atoms with Crippen LogP contribution in [0.1, 0.15) is 27.0 Å². The summed E-state index contributed by atoms with van der Waals surface area (Å²) in [6, 6.07) is 15.6. The zero-order valence-electron chi connectivity index (χ0n) is 9.84. The minimum atomic E-state index is 0.539. The Labute approximate surface area is 112 Å². The van der Waals surface area contributed by atoms with Crippen LogP contribution in [0.2, 0.25) is 0 Å². The van der Waals surface area contributed by atoms with Crippen molar-refractivity contribution in [2.45, 2.75) is 5.88 Å². The molecule has 1 nitrogen and oxygen atoms in total. The number of carbonyl (C=O) groups excluding carboxylic acids is 1. The standard InChI is InChI=1S/C16H13ClO/c17-11-15-7-3-13(4-8-15)1-2-14-5-9-16(12-18)10-6-14/h1-10,12H,11H2/b2-1+. The lowest BCUT2D eigenvalue weighted by Gasteiger charge is -1.97. The molecule has 2 aromatic carbocycles. The van der Waals surface area contributed by atoms with E-state index in [0.29, 0.717) is 11.4 Å². The second kappa shape index (κ2) is 6.18. The average Bonchev–Trinajstić information content (AvgIpc) is 2.46. The molecule has 0 amide bonds. The molecule has 0 bridgehead atoms. The SMILES string of the molecule is O=Cc1ccc(/C=C/c2ccc(CCl)cc2)cc1. The maximum Gasteiger partial charge on any atom is 0.150 e. The van der Waals surface area contributed by atoms with E-state index in [1.54, 1.807) is 0 Å². The molecule has 2 heteroatoms. The van der Waals surface area contributed by atoms with Gasteiger partial charge in [-0.05, 0) is 16.7 Å². The van der Waals surface area contributed by atoms with Crippen LogP contribution in [0.25, 0.3) is 12.2 Å². The van der Waals surface area contributed by atoms with Gasteiger partial charge >= 0.3 is 0 Å². The third kappa shape index (κ3) is 3.31. The smallest absolute Gasteiger partial charge is 0.150 e. The van der Waals surface area contributed by atoms with Crippen LogP contribution in [0, 0.1) is 0 Å². The second-order valence-corrected chi connectivity index (χ2v) is 4.26.